The maximum absolute atomic E-state index is 10.8. The van der Waals surface area contributed by atoms with Gasteiger partial charge < -0.3 is 0 Å². The molecule has 1 heterocycles. The largest absolute Gasteiger partial charge is 0.264 e. The van der Waals surface area contributed by atoms with Crippen LogP contribution in [0.1, 0.15) is 5.69 Å². The minimum absolute atomic E-state index is 0.0241. The van der Waals surface area contributed by atoms with Crippen LogP contribution in [0.2, 0.25) is 0 Å². The van der Waals surface area contributed by atoms with Crippen LogP contribution in [-0.2, 0) is 20.9 Å². The summed E-state index contributed by atoms with van der Waals surface area (Å²) in [5.74, 6) is 0. The Morgan fingerprint density at radius 3 is 2.62 bits per heavy atom. The minimum Gasteiger partial charge on any atom is -0.264 e. The molecule has 0 saturated heterocycles. The summed E-state index contributed by atoms with van der Waals surface area (Å²) in [6, 6.07) is 9.56. The van der Waals surface area contributed by atoms with Crippen molar-refractivity contribution in [3.63, 3.8) is 0 Å². The Labute approximate surface area is 94.0 Å². The predicted octanol–water partition coefficient (Wildman–Crippen LogP) is 1.71. The van der Waals surface area contributed by atoms with Crippen LogP contribution in [0, 0.1) is 0 Å². The molecule has 1 aromatic heterocycles. The van der Waals surface area contributed by atoms with Crippen molar-refractivity contribution in [2.45, 2.75) is 6.61 Å². The van der Waals surface area contributed by atoms with Crippen molar-refractivity contribution in [3.8, 4) is 0 Å². The monoisotopic (exact) mass is 237 g/mol. The molecule has 0 unspecified atom stereocenters. The first-order chi connectivity index (χ1) is 7.54. The van der Waals surface area contributed by atoms with E-state index in [0.29, 0.717) is 5.69 Å². The van der Waals surface area contributed by atoms with E-state index in [1.807, 2.05) is 30.3 Å². The maximum Gasteiger partial charge on any atom is 0.264 e. The minimum atomic E-state index is -3.42. The second-order valence-electron chi connectivity index (χ2n) is 3.49. The molecule has 16 heavy (non-hydrogen) atoms. The molecule has 0 radical (unpaired) electrons. The lowest BCUT2D eigenvalue weighted by molar-refractivity contribution is 0.307. The number of hydrogen-bond acceptors (Lipinski definition) is 4. The van der Waals surface area contributed by atoms with Crippen LogP contribution in [0.4, 0.5) is 0 Å². The average Bonchev–Trinajstić information content (AvgIpc) is 2.25. The third kappa shape index (κ3) is 2.77. The van der Waals surface area contributed by atoms with Gasteiger partial charge in [0.25, 0.3) is 10.1 Å². The van der Waals surface area contributed by atoms with Crippen molar-refractivity contribution in [3.05, 3.63) is 42.2 Å². The second-order valence-corrected chi connectivity index (χ2v) is 5.13. The molecule has 2 rings (SSSR count). The average molecular weight is 237 g/mol. The zero-order valence-electron chi connectivity index (χ0n) is 8.75. The van der Waals surface area contributed by atoms with Gasteiger partial charge in [0.05, 0.1) is 11.9 Å². The van der Waals surface area contributed by atoms with E-state index < -0.39 is 10.1 Å². The van der Waals surface area contributed by atoms with Crippen molar-refractivity contribution in [2.75, 3.05) is 6.26 Å². The van der Waals surface area contributed by atoms with Gasteiger partial charge in [-0.05, 0) is 11.5 Å². The Morgan fingerprint density at radius 2 is 1.94 bits per heavy atom. The van der Waals surface area contributed by atoms with E-state index in [2.05, 4.69) is 9.17 Å². The molecule has 2 aromatic rings. The molecule has 0 amide bonds. The highest BCUT2D eigenvalue weighted by molar-refractivity contribution is 7.85. The zero-order chi connectivity index (χ0) is 11.6. The molecule has 84 valence electrons. The Bertz CT molecular complexity index is 607. The molecule has 0 saturated carbocycles. The molecule has 0 fully saturated rings. The number of benzene rings is 1. The van der Waals surface area contributed by atoms with Gasteiger partial charge in [-0.15, -0.1) is 0 Å². The number of hydrogen-bond donors (Lipinski definition) is 0. The van der Waals surface area contributed by atoms with Crippen molar-refractivity contribution in [1.29, 1.82) is 0 Å². The van der Waals surface area contributed by atoms with E-state index in [1.165, 1.54) is 0 Å². The Kier molecular flexibility index (Phi) is 2.89. The Hall–Kier alpha value is -1.46. The highest BCUT2D eigenvalue weighted by atomic mass is 32.2. The van der Waals surface area contributed by atoms with Crippen LogP contribution in [0.25, 0.3) is 10.8 Å². The molecule has 1 aromatic carbocycles. The summed E-state index contributed by atoms with van der Waals surface area (Å²) in [5, 5.41) is 2.04. The SMILES string of the molecule is CS(=O)(=O)OCc1cc2ccccc2cn1. The highest BCUT2D eigenvalue weighted by Crippen LogP contribution is 2.14. The lowest BCUT2D eigenvalue weighted by Gasteiger charge is -2.02. The van der Waals surface area contributed by atoms with E-state index in [1.54, 1.807) is 6.20 Å². The van der Waals surface area contributed by atoms with Gasteiger partial charge in [-0.25, -0.2) is 0 Å². The van der Waals surface area contributed by atoms with Gasteiger partial charge in [-0.1, -0.05) is 24.3 Å². The van der Waals surface area contributed by atoms with E-state index in [9.17, 15) is 8.42 Å². The standard InChI is InChI=1S/C11H11NO3S/c1-16(13,14)15-8-11-6-9-4-2-3-5-10(9)7-12-11/h2-7H,8H2,1H3. The molecule has 0 bridgehead atoms. The normalized spacial score (nSPS) is 11.8. The van der Waals surface area contributed by atoms with E-state index in [4.69, 9.17) is 0 Å². The molecule has 0 N–H and O–H groups in total. The van der Waals surface area contributed by atoms with Gasteiger partial charge in [0, 0.05) is 11.6 Å². The molecule has 0 atom stereocenters. The highest BCUT2D eigenvalue weighted by Gasteiger charge is 2.04. The smallest absolute Gasteiger partial charge is 0.264 e. The van der Waals surface area contributed by atoms with E-state index in [-0.39, 0.29) is 6.61 Å². The number of pyridine rings is 1. The van der Waals surface area contributed by atoms with Crippen LogP contribution in [0.15, 0.2) is 36.5 Å². The third-order valence-corrected chi connectivity index (χ3v) is 2.65. The number of aromatic nitrogens is 1. The summed E-state index contributed by atoms with van der Waals surface area (Å²) in [6.07, 6.45) is 2.73. The van der Waals surface area contributed by atoms with Gasteiger partial charge in [0.1, 0.15) is 6.61 Å². The van der Waals surface area contributed by atoms with Crippen molar-refractivity contribution in [2.24, 2.45) is 0 Å². The van der Waals surface area contributed by atoms with E-state index in [0.717, 1.165) is 17.0 Å². The molecule has 0 spiro atoms. The fourth-order valence-electron chi connectivity index (χ4n) is 1.38. The fourth-order valence-corrected chi connectivity index (χ4v) is 1.71. The summed E-state index contributed by atoms with van der Waals surface area (Å²) in [7, 11) is -3.42. The van der Waals surface area contributed by atoms with Gasteiger partial charge in [-0.3, -0.25) is 9.17 Å². The van der Waals surface area contributed by atoms with Crippen molar-refractivity contribution < 1.29 is 12.6 Å². The summed E-state index contributed by atoms with van der Waals surface area (Å²) in [6.45, 7) is -0.0241. The quantitative estimate of drug-likeness (QED) is 0.762. The lowest BCUT2D eigenvalue weighted by atomic mass is 10.1. The van der Waals surface area contributed by atoms with Crippen molar-refractivity contribution in [1.82, 2.24) is 4.98 Å². The maximum atomic E-state index is 10.8. The number of fused-ring (bicyclic) bond motifs is 1. The van der Waals surface area contributed by atoms with Crippen LogP contribution in [-0.4, -0.2) is 19.7 Å². The van der Waals surface area contributed by atoms with Gasteiger partial charge in [-0.2, -0.15) is 8.42 Å². The first-order valence-corrected chi connectivity index (χ1v) is 6.54. The number of nitrogens with zero attached hydrogens (tertiary/aromatic N) is 1. The van der Waals surface area contributed by atoms with Crippen LogP contribution in [0.3, 0.4) is 0 Å². The predicted molar refractivity (Wildman–Crippen MR) is 61.4 cm³/mol. The first kappa shape index (κ1) is 11.0. The summed E-state index contributed by atoms with van der Waals surface area (Å²) < 4.78 is 26.3. The molecular weight excluding hydrogens is 226 g/mol. The summed E-state index contributed by atoms with van der Waals surface area (Å²) in [4.78, 5) is 4.12. The molecule has 4 nitrogen and oxygen atoms in total. The molecule has 0 aliphatic heterocycles. The zero-order valence-corrected chi connectivity index (χ0v) is 9.57. The van der Waals surface area contributed by atoms with Crippen molar-refractivity contribution >= 4 is 20.9 Å². The number of rotatable bonds is 3. The molecule has 5 heteroatoms. The fraction of sp³-hybridized carbons (Fsp3) is 0.182. The van der Waals surface area contributed by atoms with Gasteiger partial charge >= 0.3 is 0 Å². The summed E-state index contributed by atoms with van der Waals surface area (Å²) >= 11 is 0. The Balaban J connectivity index is 2.26. The van der Waals surface area contributed by atoms with Crippen LogP contribution >= 0.6 is 0 Å². The molecular formula is C11H11NO3S. The Morgan fingerprint density at radius 1 is 1.25 bits per heavy atom. The van der Waals surface area contributed by atoms with Gasteiger partial charge in [0.2, 0.25) is 0 Å². The third-order valence-electron chi connectivity index (χ3n) is 2.11. The second kappa shape index (κ2) is 4.19. The topological polar surface area (TPSA) is 56.3 Å². The van der Waals surface area contributed by atoms with Gasteiger partial charge in [0.15, 0.2) is 0 Å². The summed E-state index contributed by atoms with van der Waals surface area (Å²) in [5.41, 5.74) is 0.601. The van der Waals surface area contributed by atoms with E-state index >= 15 is 0 Å². The first-order valence-electron chi connectivity index (χ1n) is 4.73. The van der Waals surface area contributed by atoms with Crippen LogP contribution < -0.4 is 0 Å². The molecule has 0 aliphatic rings. The van der Waals surface area contributed by atoms with Crippen LogP contribution in [0.5, 0.6) is 0 Å². The lowest BCUT2D eigenvalue weighted by Crippen LogP contribution is -2.03. The molecule has 0 aliphatic carbocycles.